The molecule has 0 radical (unpaired) electrons. The van der Waals surface area contributed by atoms with E-state index in [4.69, 9.17) is 34.8 Å². The number of ketones is 1. The first-order valence-corrected chi connectivity index (χ1v) is 13.1. The molecule has 0 atom stereocenters. The van der Waals surface area contributed by atoms with E-state index in [9.17, 15) is 22.8 Å². The quantitative estimate of drug-likeness (QED) is 0.408. The molecule has 0 aliphatic carbocycles. The number of carbonyl (C=O) groups excluding carboxylic acids is 3. The Kier molecular flexibility index (Phi) is 6.66. The summed E-state index contributed by atoms with van der Waals surface area (Å²) >= 11 is 18.4. The van der Waals surface area contributed by atoms with Gasteiger partial charge in [-0.25, -0.2) is 13.3 Å². The maximum Gasteiger partial charge on any atom is 0.265 e. The Morgan fingerprint density at radius 1 is 1.00 bits per heavy atom. The monoisotopic (exact) mass is 541 g/mol. The molecule has 6 nitrogen and oxygen atoms in total. The lowest BCUT2D eigenvalue weighted by Crippen LogP contribution is -2.42. The second-order valence-corrected chi connectivity index (χ2v) is 12.1. The van der Waals surface area contributed by atoms with Crippen LogP contribution in [0.25, 0.3) is 0 Å². The molecule has 4 rings (SSSR count). The van der Waals surface area contributed by atoms with Gasteiger partial charge in [0.25, 0.3) is 5.91 Å². The Hall–Kier alpha value is -2.23. The first-order chi connectivity index (χ1) is 15.5. The fourth-order valence-electron chi connectivity index (χ4n) is 3.46. The molecule has 1 aliphatic heterocycles. The summed E-state index contributed by atoms with van der Waals surface area (Å²) in [6.45, 7) is 0. The number of rotatable bonds is 6. The molecule has 2 heterocycles. The molecule has 1 aliphatic rings. The fourth-order valence-corrected chi connectivity index (χ4v) is 6.86. The molecule has 0 saturated carbocycles. The lowest BCUT2D eigenvalue weighted by Gasteiger charge is -2.27. The van der Waals surface area contributed by atoms with Crippen molar-refractivity contribution < 1.29 is 22.8 Å². The Balaban J connectivity index is 1.47. The molecule has 170 valence electrons. The number of amides is 2. The Morgan fingerprint density at radius 2 is 1.70 bits per heavy atom. The zero-order valence-electron chi connectivity index (χ0n) is 16.7. The highest BCUT2D eigenvalue weighted by atomic mass is 35.5. The summed E-state index contributed by atoms with van der Waals surface area (Å²) in [5.74, 6) is -2.05. The second-order valence-electron chi connectivity index (χ2n) is 7.34. The summed E-state index contributed by atoms with van der Waals surface area (Å²) in [6.07, 6.45) is -0.0912. The van der Waals surface area contributed by atoms with Gasteiger partial charge in [-0.05, 0) is 47.5 Å². The maximum atomic E-state index is 12.8. The molecule has 0 bridgehead atoms. The van der Waals surface area contributed by atoms with E-state index in [2.05, 4.69) is 0 Å². The standard InChI is InChI=1S/C22H14Cl3NO5S2/c23-14-3-6-17-13(8-14)9-19(28)26(22(17)29)15-4-1-12(2-5-15)7-16(27)11-33(30,31)20-10-18(24)21(25)32-20/h1-6,8,10H,7,9,11H2. The molecule has 1 aromatic heterocycles. The van der Waals surface area contributed by atoms with Crippen LogP contribution < -0.4 is 4.90 Å². The zero-order valence-corrected chi connectivity index (χ0v) is 20.6. The van der Waals surface area contributed by atoms with Crippen molar-refractivity contribution in [1.29, 1.82) is 0 Å². The molecule has 0 N–H and O–H groups in total. The average Bonchev–Trinajstić information content (AvgIpc) is 3.08. The van der Waals surface area contributed by atoms with Crippen molar-refractivity contribution >= 4 is 79.3 Å². The summed E-state index contributed by atoms with van der Waals surface area (Å²) in [4.78, 5) is 38.9. The molecular weight excluding hydrogens is 529 g/mol. The van der Waals surface area contributed by atoms with Crippen molar-refractivity contribution in [3.05, 3.63) is 79.6 Å². The second kappa shape index (κ2) is 9.19. The summed E-state index contributed by atoms with van der Waals surface area (Å²) in [5, 5.41) is 0.569. The first-order valence-electron chi connectivity index (χ1n) is 9.49. The third kappa shape index (κ3) is 5.00. The van der Waals surface area contributed by atoms with Crippen molar-refractivity contribution in [3.8, 4) is 0 Å². The van der Waals surface area contributed by atoms with Gasteiger partial charge in [0, 0.05) is 17.0 Å². The van der Waals surface area contributed by atoms with Gasteiger partial charge in [-0.15, -0.1) is 11.3 Å². The van der Waals surface area contributed by atoms with Crippen molar-refractivity contribution in [1.82, 2.24) is 0 Å². The molecule has 33 heavy (non-hydrogen) atoms. The molecule has 2 aromatic carbocycles. The number of anilines is 1. The predicted octanol–water partition coefficient (Wildman–Crippen LogP) is 5.02. The molecule has 0 saturated heterocycles. The topological polar surface area (TPSA) is 88.6 Å². The molecule has 0 unspecified atom stereocenters. The highest BCUT2D eigenvalue weighted by molar-refractivity contribution is 7.94. The van der Waals surface area contributed by atoms with Gasteiger partial charge < -0.3 is 0 Å². The summed E-state index contributed by atoms with van der Waals surface area (Å²) < 4.78 is 24.9. The van der Waals surface area contributed by atoms with Crippen molar-refractivity contribution in [2.75, 3.05) is 10.7 Å². The molecule has 0 fully saturated rings. The number of sulfone groups is 1. The van der Waals surface area contributed by atoms with E-state index in [0.717, 1.165) is 16.2 Å². The van der Waals surface area contributed by atoms with E-state index >= 15 is 0 Å². The van der Waals surface area contributed by atoms with Gasteiger partial charge in [-0.3, -0.25) is 14.4 Å². The summed E-state index contributed by atoms with van der Waals surface area (Å²) in [5.41, 5.74) is 1.88. The van der Waals surface area contributed by atoms with Crippen molar-refractivity contribution in [2.24, 2.45) is 0 Å². The SMILES string of the molecule is O=C(Cc1ccc(N2C(=O)Cc3cc(Cl)ccc3C2=O)cc1)CS(=O)(=O)c1cc(Cl)c(Cl)s1. The largest absolute Gasteiger partial charge is 0.298 e. The van der Waals surface area contributed by atoms with E-state index in [1.807, 2.05) is 0 Å². The minimum atomic E-state index is -3.86. The van der Waals surface area contributed by atoms with Gasteiger partial charge in [0.15, 0.2) is 15.6 Å². The lowest BCUT2D eigenvalue weighted by atomic mass is 9.97. The third-order valence-electron chi connectivity index (χ3n) is 4.97. The third-order valence-corrected chi connectivity index (χ3v) is 9.31. The highest BCUT2D eigenvalue weighted by Crippen LogP contribution is 2.35. The van der Waals surface area contributed by atoms with Crippen LogP contribution in [-0.2, 0) is 32.3 Å². The number of nitrogens with zero attached hydrogens (tertiary/aromatic N) is 1. The minimum absolute atomic E-state index is 0.0382. The zero-order chi connectivity index (χ0) is 23.9. The molecular formula is C22H14Cl3NO5S2. The van der Waals surface area contributed by atoms with Crippen molar-refractivity contribution in [3.63, 3.8) is 0 Å². The lowest BCUT2D eigenvalue weighted by molar-refractivity contribution is -0.118. The van der Waals surface area contributed by atoms with Crippen LogP contribution in [0.1, 0.15) is 21.5 Å². The van der Waals surface area contributed by atoms with Gasteiger partial charge in [-0.2, -0.15) is 0 Å². The van der Waals surface area contributed by atoms with Gasteiger partial charge in [0.2, 0.25) is 5.91 Å². The summed E-state index contributed by atoms with van der Waals surface area (Å²) in [7, 11) is -3.86. The normalized spacial score (nSPS) is 13.8. The van der Waals surface area contributed by atoms with E-state index in [0.29, 0.717) is 27.4 Å². The van der Waals surface area contributed by atoms with E-state index in [-0.39, 0.29) is 26.4 Å². The van der Waals surface area contributed by atoms with Gasteiger partial charge in [0.05, 0.1) is 17.1 Å². The average molecular weight is 543 g/mol. The first kappa shape index (κ1) is 23.9. The van der Waals surface area contributed by atoms with Crippen LogP contribution in [0.4, 0.5) is 5.69 Å². The number of Topliss-reactive ketones (excluding diaryl/α,β-unsaturated/α-hetero) is 1. The number of halogens is 3. The van der Waals surface area contributed by atoms with E-state index < -0.39 is 33.2 Å². The maximum absolute atomic E-state index is 12.8. The van der Waals surface area contributed by atoms with Gasteiger partial charge in [0.1, 0.15) is 14.3 Å². The Labute approximate surface area is 208 Å². The number of hydrogen-bond donors (Lipinski definition) is 0. The molecule has 2 amide bonds. The number of thiophene rings is 1. The van der Waals surface area contributed by atoms with Crippen LogP contribution in [0.5, 0.6) is 0 Å². The molecule has 0 spiro atoms. The van der Waals surface area contributed by atoms with Crippen LogP contribution in [0.15, 0.2) is 52.7 Å². The Bertz CT molecular complexity index is 1380. The minimum Gasteiger partial charge on any atom is -0.298 e. The number of carbonyl (C=O) groups is 3. The van der Waals surface area contributed by atoms with Crippen LogP contribution in [0.3, 0.4) is 0 Å². The van der Waals surface area contributed by atoms with Crippen LogP contribution in [-0.4, -0.2) is 31.8 Å². The van der Waals surface area contributed by atoms with Gasteiger partial charge >= 0.3 is 0 Å². The van der Waals surface area contributed by atoms with Gasteiger partial charge in [-0.1, -0.05) is 46.9 Å². The van der Waals surface area contributed by atoms with Crippen LogP contribution in [0, 0.1) is 0 Å². The van der Waals surface area contributed by atoms with Crippen molar-refractivity contribution in [2.45, 2.75) is 17.1 Å². The number of fused-ring (bicyclic) bond motifs is 1. The van der Waals surface area contributed by atoms with E-state index in [1.54, 1.807) is 42.5 Å². The predicted molar refractivity (Wildman–Crippen MR) is 129 cm³/mol. The molecule has 3 aromatic rings. The smallest absolute Gasteiger partial charge is 0.265 e. The number of hydrogen-bond acceptors (Lipinski definition) is 6. The number of imide groups is 1. The molecule has 11 heteroatoms. The van der Waals surface area contributed by atoms with Crippen LogP contribution in [0.2, 0.25) is 14.4 Å². The highest BCUT2D eigenvalue weighted by Gasteiger charge is 2.32. The summed E-state index contributed by atoms with van der Waals surface area (Å²) in [6, 6.07) is 12.3. The fraction of sp³-hybridized carbons (Fsp3) is 0.136. The number of benzene rings is 2. The van der Waals surface area contributed by atoms with E-state index in [1.165, 1.54) is 6.07 Å². The van der Waals surface area contributed by atoms with Crippen LogP contribution >= 0.6 is 46.1 Å². The Morgan fingerprint density at radius 3 is 2.33 bits per heavy atom.